The quantitative estimate of drug-likeness (QED) is 0.765. The molecule has 0 aromatic carbocycles. The van der Waals surface area contributed by atoms with E-state index < -0.39 is 5.67 Å². The predicted octanol–water partition coefficient (Wildman–Crippen LogP) is 1.46. The number of piperidine rings is 2. The molecule has 5 heteroatoms. The molecule has 0 saturated carbocycles. The third-order valence-electron chi connectivity index (χ3n) is 6.04. The molecule has 128 valence electrons. The highest BCUT2D eigenvalue weighted by molar-refractivity contribution is 5.01. The molecule has 0 amide bonds. The average molecular weight is 313 g/mol. The predicted molar refractivity (Wildman–Crippen MR) is 87.0 cm³/mol. The third-order valence-corrected chi connectivity index (χ3v) is 6.04. The second kappa shape index (κ2) is 6.71. The fourth-order valence-electron chi connectivity index (χ4n) is 4.38. The lowest BCUT2D eigenvalue weighted by Gasteiger charge is -2.55. The second-order valence-electron chi connectivity index (χ2n) is 7.93. The molecule has 3 saturated heterocycles. The first-order chi connectivity index (χ1) is 10.5. The van der Waals surface area contributed by atoms with Gasteiger partial charge in [0.2, 0.25) is 0 Å². The van der Waals surface area contributed by atoms with Crippen LogP contribution in [0.1, 0.15) is 25.7 Å². The lowest BCUT2D eigenvalue weighted by molar-refractivity contribution is -0.0809. The highest BCUT2D eigenvalue weighted by Crippen LogP contribution is 2.42. The smallest absolute Gasteiger partial charge is 0.126 e. The van der Waals surface area contributed by atoms with E-state index in [1.54, 1.807) is 7.11 Å². The zero-order valence-electron chi connectivity index (χ0n) is 14.3. The van der Waals surface area contributed by atoms with E-state index in [4.69, 9.17) is 4.74 Å². The Morgan fingerprint density at radius 2 is 1.59 bits per heavy atom. The fourth-order valence-corrected chi connectivity index (χ4v) is 4.38. The Morgan fingerprint density at radius 3 is 2.18 bits per heavy atom. The van der Waals surface area contributed by atoms with Gasteiger partial charge in [-0.05, 0) is 51.2 Å². The first-order valence-electron chi connectivity index (χ1n) is 8.84. The molecule has 0 bridgehead atoms. The minimum atomic E-state index is -0.937. The van der Waals surface area contributed by atoms with E-state index in [9.17, 15) is 4.39 Å². The van der Waals surface area contributed by atoms with Gasteiger partial charge in [-0.25, -0.2) is 4.39 Å². The number of ether oxygens (including phenoxy) is 1. The summed E-state index contributed by atoms with van der Waals surface area (Å²) in [6.07, 6.45) is 3.96. The first kappa shape index (κ1) is 16.6. The molecule has 0 unspecified atom stereocenters. The van der Waals surface area contributed by atoms with Crippen LogP contribution in [0.4, 0.5) is 4.39 Å². The highest BCUT2D eigenvalue weighted by Gasteiger charge is 2.47. The van der Waals surface area contributed by atoms with Crippen LogP contribution in [0.5, 0.6) is 0 Å². The molecule has 3 rings (SSSR count). The van der Waals surface area contributed by atoms with Gasteiger partial charge in [-0.3, -0.25) is 4.90 Å². The lowest BCUT2D eigenvalue weighted by atomic mass is 9.71. The van der Waals surface area contributed by atoms with Crippen molar-refractivity contribution in [1.29, 1.82) is 0 Å². The molecule has 0 aromatic rings. The van der Waals surface area contributed by atoms with Crippen LogP contribution in [-0.2, 0) is 4.74 Å². The number of nitrogens with zero attached hydrogens (tertiary/aromatic N) is 3. The fraction of sp³-hybridized carbons (Fsp3) is 1.00. The Labute approximate surface area is 134 Å². The molecule has 1 spiro atoms. The third kappa shape index (κ3) is 3.81. The molecule has 4 nitrogen and oxygen atoms in total. The van der Waals surface area contributed by atoms with Gasteiger partial charge in [0.1, 0.15) is 5.67 Å². The molecule has 0 aromatic heterocycles. The summed E-state index contributed by atoms with van der Waals surface area (Å²) in [5.41, 5.74) is -0.446. The molecule has 0 atom stereocenters. The van der Waals surface area contributed by atoms with Crippen molar-refractivity contribution < 1.29 is 9.13 Å². The van der Waals surface area contributed by atoms with Crippen molar-refractivity contribution in [3.8, 4) is 0 Å². The zero-order chi connectivity index (χ0) is 15.6. The van der Waals surface area contributed by atoms with Crippen LogP contribution in [0.15, 0.2) is 0 Å². The number of hydrogen-bond acceptors (Lipinski definition) is 4. The summed E-state index contributed by atoms with van der Waals surface area (Å²) < 4.78 is 20.0. The van der Waals surface area contributed by atoms with Crippen LogP contribution in [0.2, 0.25) is 0 Å². The molecule has 3 heterocycles. The van der Waals surface area contributed by atoms with Gasteiger partial charge in [0.25, 0.3) is 0 Å². The maximum Gasteiger partial charge on any atom is 0.126 e. The molecule has 3 fully saturated rings. The van der Waals surface area contributed by atoms with Crippen LogP contribution in [0, 0.1) is 5.41 Å². The standard InChI is InChI=1S/C17H32FN3O/c1-19-7-5-17(18,6-8-19)15-21-13-16(14-21)3-9-20(10-4-16)11-12-22-2/h3-15H2,1-2H3. The van der Waals surface area contributed by atoms with Gasteiger partial charge >= 0.3 is 0 Å². The molecule has 3 aliphatic rings. The van der Waals surface area contributed by atoms with Gasteiger partial charge in [-0.1, -0.05) is 0 Å². The van der Waals surface area contributed by atoms with Crippen molar-refractivity contribution >= 4 is 0 Å². The lowest BCUT2D eigenvalue weighted by Crippen LogP contribution is -2.63. The van der Waals surface area contributed by atoms with Gasteiger partial charge in [0.15, 0.2) is 0 Å². The van der Waals surface area contributed by atoms with Gasteiger partial charge in [0.05, 0.1) is 6.61 Å². The van der Waals surface area contributed by atoms with Gasteiger partial charge < -0.3 is 14.5 Å². The van der Waals surface area contributed by atoms with Gasteiger partial charge in [-0.2, -0.15) is 0 Å². The maximum atomic E-state index is 14.9. The summed E-state index contributed by atoms with van der Waals surface area (Å²) in [4.78, 5) is 7.12. The Kier molecular flexibility index (Phi) is 5.07. The summed E-state index contributed by atoms with van der Waals surface area (Å²) in [7, 11) is 3.86. The Hall–Kier alpha value is -0.230. The summed E-state index contributed by atoms with van der Waals surface area (Å²) in [5, 5.41) is 0. The van der Waals surface area contributed by atoms with Crippen LogP contribution in [0.3, 0.4) is 0 Å². The second-order valence-corrected chi connectivity index (χ2v) is 7.93. The maximum absolute atomic E-state index is 14.9. The number of hydrogen-bond donors (Lipinski definition) is 0. The van der Waals surface area contributed by atoms with E-state index in [0.29, 0.717) is 24.8 Å². The largest absolute Gasteiger partial charge is 0.383 e. The van der Waals surface area contributed by atoms with E-state index in [0.717, 1.165) is 39.3 Å². The average Bonchev–Trinajstić information content (AvgIpc) is 2.48. The summed E-state index contributed by atoms with van der Waals surface area (Å²) in [6, 6.07) is 0. The normalized spacial score (nSPS) is 29.6. The molecule has 22 heavy (non-hydrogen) atoms. The van der Waals surface area contributed by atoms with E-state index in [2.05, 4.69) is 21.7 Å². The van der Waals surface area contributed by atoms with Crippen molar-refractivity contribution in [2.75, 3.05) is 73.1 Å². The van der Waals surface area contributed by atoms with Crippen LogP contribution in [-0.4, -0.2) is 93.5 Å². The van der Waals surface area contributed by atoms with Crippen molar-refractivity contribution in [2.45, 2.75) is 31.4 Å². The first-order valence-corrected chi connectivity index (χ1v) is 8.84. The zero-order valence-corrected chi connectivity index (χ0v) is 14.3. The Balaban J connectivity index is 1.39. The van der Waals surface area contributed by atoms with E-state index in [-0.39, 0.29) is 0 Å². The van der Waals surface area contributed by atoms with Gasteiger partial charge in [-0.15, -0.1) is 0 Å². The molecular weight excluding hydrogens is 281 g/mol. The summed E-state index contributed by atoms with van der Waals surface area (Å²) in [6.45, 7) is 8.96. The molecule has 0 radical (unpaired) electrons. The molecular formula is C17H32FN3O. The number of methoxy groups -OCH3 is 1. The summed E-state index contributed by atoms with van der Waals surface area (Å²) >= 11 is 0. The minimum absolute atomic E-state index is 0.491. The van der Waals surface area contributed by atoms with Crippen LogP contribution >= 0.6 is 0 Å². The minimum Gasteiger partial charge on any atom is -0.383 e. The number of rotatable bonds is 5. The summed E-state index contributed by atoms with van der Waals surface area (Å²) in [5.74, 6) is 0. The SMILES string of the molecule is COCCN1CCC2(CC1)CN(CC1(F)CCN(C)CC1)C2. The highest BCUT2D eigenvalue weighted by atomic mass is 19.1. The Morgan fingerprint density at radius 1 is 0.955 bits per heavy atom. The molecule has 3 aliphatic heterocycles. The number of halogens is 1. The Bertz CT molecular complexity index is 355. The topological polar surface area (TPSA) is 19.0 Å². The van der Waals surface area contributed by atoms with E-state index >= 15 is 0 Å². The van der Waals surface area contributed by atoms with Crippen molar-refractivity contribution in [2.24, 2.45) is 5.41 Å². The number of alkyl halides is 1. The molecule has 0 aliphatic carbocycles. The van der Waals surface area contributed by atoms with E-state index in [1.165, 1.54) is 25.9 Å². The van der Waals surface area contributed by atoms with Crippen molar-refractivity contribution in [3.63, 3.8) is 0 Å². The van der Waals surface area contributed by atoms with Crippen LogP contribution in [0.25, 0.3) is 0 Å². The van der Waals surface area contributed by atoms with E-state index in [1.807, 2.05) is 0 Å². The van der Waals surface area contributed by atoms with Crippen molar-refractivity contribution in [1.82, 2.24) is 14.7 Å². The van der Waals surface area contributed by atoms with Gasteiger partial charge in [0, 0.05) is 46.4 Å². The van der Waals surface area contributed by atoms with Crippen LogP contribution < -0.4 is 0 Å². The monoisotopic (exact) mass is 313 g/mol. The van der Waals surface area contributed by atoms with Crippen molar-refractivity contribution in [3.05, 3.63) is 0 Å². The number of likely N-dealkylation sites (tertiary alicyclic amines) is 3. The molecule has 0 N–H and O–H groups in total.